The third-order valence-corrected chi connectivity index (χ3v) is 3.50. The Labute approximate surface area is 148 Å². The molecule has 0 unspecified atom stereocenters. The summed E-state index contributed by atoms with van der Waals surface area (Å²) in [7, 11) is 1.32. The molecule has 1 aromatic rings. The number of aliphatic hydroxyl groups excluding tert-OH is 1. The number of amides is 1. The second-order valence-electron chi connectivity index (χ2n) is 5.30. The van der Waals surface area contributed by atoms with Gasteiger partial charge in [0.25, 0.3) is 0 Å². The van der Waals surface area contributed by atoms with E-state index in [0.29, 0.717) is 19.8 Å². The number of aliphatic hydroxyl groups is 1. The molecule has 0 aromatic heterocycles. The topological polar surface area (TPSA) is 85.3 Å². The molecule has 1 aromatic carbocycles. The number of benzene rings is 1. The van der Waals surface area contributed by atoms with Crippen LogP contribution in [0.4, 0.5) is 0 Å². The van der Waals surface area contributed by atoms with Crippen molar-refractivity contribution in [2.45, 2.75) is 19.8 Å². The van der Waals surface area contributed by atoms with E-state index >= 15 is 0 Å². The number of methoxy groups -OCH3 is 1. The fourth-order valence-electron chi connectivity index (χ4n) is 2.19. The number of hydrogen-bond donors (Lipinski definition) is 1. The van der Waals surface area contributed by atoms with Crippen LogP contribution in [0.2, 0.25) is 0 Å². The SMILES string of the molecule is CCOc1ccc(CC(=O)N(CCOCCO)CCC(=O)OC)cc1. The van der Waals surface area contributed by atoms with E-state index in [0.717, 1.165) is 11.3 Å². The normalized spacial score (nSPS) is 10.4. The van der Waals surface area contributed by atoms with Crippen LogP contribution in [0.3, 0.4) is 0 Å². The molecular weight excluding hydrogens is 326 g/mol. The molecular formula is C18H27NO6. The molecule has 0 aliphatic heterocycles. The van der Waals surface area contributed by atoms with E-state index in [2.05, 4.69) is 4.74 Å². The Morgan fingerprint density at radius 1 is 1.12 bits per heavy atom. The summed E-state index contributed by atoms with van der Waals surface area (Å²) in [6, 6.07) is 7.36. The summed E-state index contributed by atoms with van der Waals surface area (Å²) in [6.45, 7) is 3.58. The number of nitrogens with zero attached hydrogens (tertiary/aromatic N) is 1. The minimum absolute atomic E-state index is 0.0672. The van der Waals surface area contributed by atoms with Crippen molar-refractivity contribution in [2.75, 3.05) is 46.6 Å². The minimum atomic E-state index is -0.366. The molecule has 0 aliphatic rings. The summed E-state index contributed by atoms with van der Waals surface area (Å²) in [5.74, 6) is 0.300. The lowest BCUT2D eigenvalue weighted by Gasteiger charge is -2.22. The molecule has 0 aliphatic carbocycles. The number of carbonyl (C=O) groups excluding carboxylic acids is 2. The highest BCUT2D eigenvalue weighted by Crippen LogP contribution is 2.13. The molecule has 0 atom stereocenters. The van der Waals surface area contributed by atoms with Gasteiger partial charge in [-0.25, -0.2) is 0 Å². The summed E-state index contributed by atoms with van der Waals surface area (Å²) < 4.78 is 15.2. The lowest BCUT2D eigenvalue weighted by Crippen LogP contribution is -2.37. The lowest BCUT2D eigenvalue weighted by atomic mass is 10.1. The van der Waals surface area contributed by atoms with Gasteiger partial charge in [0.15, 0.2) is 0 Å². The average Bonchev–Trinajstić information content (AvgIpc) is 2.62. The Morgan fingerprint density at radius 3 is 2.44 bits per heavy atom. The van der Waals surface area contributed by atoms with Gasteiger partial charge in [-0.15, -0.1) is 0 Å². The number of ether oxygens (including phenoxy) is 3. The van der Waals surface area contributed by atoms with Crippen LogP contribution in [0.1, 0.15) is 18.9 Å². The lowest BCUT2D eigenvalue weighted by molar-refractivity contribution is -0.141. The third-order valence-electron chi connectivity index (χ3n) is 3.50. The second kappa shape index (κ2) is 12.3. The number of rotatable bonds is 12. The minimum Gasteiger partial charge on any atom is -0.494 e. The highest BCUT2D eigenvalue weighted by Gasteiger charge is 2.16. The molecule has 7 nitrogen and oxygen atoms in total. The first-order chi connectivity index (χ1) is 12.1. The Kier molecular flexibility index (Phi) is 10.3. The van der Waals surface area contributed by atoms with E-state index in [1.807, 2.05) is 31.2 Å². The van der Waals surface area contributed by atoms with Gasteiger partial charge < -0.3 is 24.2 Å². The molecule has 140 valence electrons. The largest absolute Gasteiger partial charge is 0.494 e. The zero-order chi connectivity index (χ0) is 18.5. The standard InChI is InChI=1S/C18H27NO6/c1-3-25-16-6-4-15(5-7-16)14-17(21)19(9-8-18(22)23-2)10-12-24-13-11-20/h4-7,20H,3,8-14H2,1-2H3. The Hall–Kier alpha value is -2.12. The second-order valence-corrected chi connectivity index (χ2v) is 5.30. The average molecular weight is 353 g/mol. The zero-order valence-corrected chi connectivity index (χ0v) is 14.9. The maximum absolute atomic E-state index is 12.5. The van der Waals surface area contributed by atoms with Crippen LogP contribution in [-0.4, -0.2) is 68.5 Å². The van der Waals surface area contributed by atoms with Crippen molar-refractivity contribution in [1.29, 1.82) is 0 Å². The van der Waals surface area contributed by atoms with Crippen LogP contribution in [-0.2, 0) is 25.5 Å². The molecule has 0 fully saturated rings. The van der Waals surface area contributed by atoms with Crippen LogP contribution >= 0.6 is 0 Å². The fourth-order valence-corrected chi connectivity index (χ4v) is 2.19. The monoisotopic (exact) mass is 353 g/mol. The van der Waals surface area contributed by atoms with Gasteiger partial charge in [-0.1, -0.05) is 12.1 Å². The van der Waals surface area contributed by atoms with Gasteiger partial charge in [-0.05, 0) is 24.6 Å². The van der Waals surface area contributed by atoms with Crippen LogP contribution < -0.4 is 4.74 Å². The van der Waals surface area contributed by atoms with Crippen molar-refractivity contribution < 1.29 is 28.9 Å². The van der Waals surface area contributed by atoms with Crippen molar-refractivity contribution in [3.63, 3.8) is 0 Å². The van der Waals surface area contributed by atoms with Crippen molar-refractivity contribution in [1.82, 2.24) is 4.90 Å². The molecule has 25 heavy (non-hydrogen) atoms. The number of hydrogen-bond acceptors (Lipinski definition) is 6. The predicted molar refractivity (Wildman–Crippen MR) is 92.4 cm³/mol. The van der Waals surface area contributed by atoms with Gasteiger partial charge in [-0.2, -0.15) is 0 Å². The van der Waals surface area contributed by atoms with Crippen LogP contribution in [0, 0.1) is 0 Å². The van der Waals surface area contributed by atoms with Crippen LogP contribution in [0.25, 0.3) is 0 Å². The predicted octanol–water partition coefficient (Wildman–Crippen LogP) is 1.03. The Balaban J connectivity index is 2.60. The maximum atomic E-state index is 12.5. The molecule has 0 radical (unpaired) electrons. The van der Waals surface area contributed by atoms with Gasteiger partial charge in [0.05, 0.1) is 46.4 Å². The molecule has 0 spiro atoms. The van der Waals surface area contributed by atoms with E-state index < -0.39 is 0 Å². The molecule has 7 heteroatoms. The molecule has 1 amide bonds. The van der Waals surface area contributed by atoms with E-state index in [1.165, 1.54) is 7.11 Å². The summed E-state index contributed by atoms with van der Waals surface area (Å²) in [5.41, 5.74) is 0.868. The Bertz CT molecular complexity index is 517. The smallest absolute Gasteiger partial charge is 0.307 e. The van der Waals surface area contributed by atoms with Crippen molar-refractivity contribution in [3.05, 3.63) is 29.8 Å². The van der Waals surface area contributed by atoms with Gasteiger partial charge in [0.1, 0.15) is 5.75 Å². The third kappa shape index (κ3) is 8.51. The Morgan fingerprint density at radius 2 is 1.84 bits per heavy atom. The van der Waals surface area contributed by atoms with Gasteiger partial charge >= 0.3 is 5.97 Å². The van der Waals surface area contributed by atoms with E-state index in [9.17, 15) is 9.59 Å². The quantitative estimate of drug-likeness (QED) is 0.446. The van der Waals surface area contributed by atoms with E-state index in [1.54, 1.807) is 4.90 Å². The van der Waals surface area contributed by atoms with Crippen molar-refractivity contribution >= 4 is 11.9 Å². The van der Waals surface area contributed by atoms with Gasteiger partial charge in [-0.3, -0.25) is 9.59 Å². The van der Waals surface area contributed by atoms with Crippen molar-refractivity contribution in [3.8, 4) is 5.75 Å². The summed E-state index contributed by atoms with van der Waals surface area (Å²) in [5, 5.41) is 8.73. The molecule has 0 saturated carbocycles. The molecule has 0 bridgehead atoms. The van der Waals surface area contributed by atoms with Crippen LogP contribution in [0.5, 0.6) is 5.75 Å². The van der Waals surface area contributed by atoms with E-state index in [4.69, 9.17) is 14.6 Å². The number of carbonyl (C=O) groups is 2. The first-order valence-corrected chi connectivity index (χ1v) is 8.35. The van der Waals surface area contributed by atoms with E-state index in [-0.39, 0.29) is 44.5 Å². The van der Waals surface area contributed by atoms with Gasteiger partial charge in [0, 0.05) is 13.1 Å². The molecule has 0 saturated heterocycles. The zero-order valence-electron chi connectivity index (χ0n) is 14.9. The summed E-state index contributed by atoms with van der Waals surface area (Å²) >= 11 is 0. The molecule has 1 rings (SSSR count). The first kappa shape index (κ1) is 20.9. The molecule has 0 heterocycles. The highest BCUT2D eigenvalue weighted by molar-refractivity contribution is 5.79. The molecule has 1 N–H and O–H groups in total. The van der Waals surface area contributed by atoms with Gasteiger partial charge in [0.2, 0.25) is 5.91 Å². The highest BCUT2D eigenvalue weighted by atomic mass is 16.5. The fraction of sp³-hybridized carbons (Fsp3) is 0.556. The summed E-state index contributed by atoms with van der Waals surface area (Å²) in [4.78, 5) is 25.4. The number of esters is 1. The summed E-state index contributed by atoms with van der Waals surface area (Å²) in [6.07, 6.45) is 0.360. The maximum Gasteiger partial charge on any atom is 0.307 e. The first-order valence-electron chi connectivity index (χ1n) is 8.35. The van der Waals surface area contributed by atoms with Crippen molar-refractivity contribution in [2.24, 2.45) is 0 Å². The van der Waals surface area contributed by atoms with Crippen LogP contribution in [0.15, 0.2) is 24.3 Å².